The Labute approximate surface area is 192 Å². The standard InChI is InChI=1S/C22H13Cl3N2O4/c23-15-8-16(24)20(17(25)9-15)28-10-12-2-1-3-13(6-12)21-26-27-22(31-21)14-4-5-18-19(7-14)30-11-29-18/h1-9H,10-11H2. The molecule has 0 spiro atoms. The molecule has 0 N–H and O–H groups in total. The first kappa shape index (κ1) is 20.0. The Hall–Kier alpha value is -2.93. The first-order chi connectivity index (χ1) is 15.1. The Morgan fingerprint density at radius 3 is 2.29 bits per heavy atom. The van der Waals surface area contributed by atoms with Crippen molar-refractivity contribution >= 4 is 34.8 Å². The van der Waals surface area contributed by atoms with Gasteiger partial charge in [-0.15, -0.1) is 10.2 Å². The number of hydrogen-bond acceptors (Lipinski definition) is 6. The topological polar surface area (TPSA) is 66.6 Å². The minimum atomic E-state index is 0.204. The zero-order chi connectivity index (χ0) is 21.4. The number of aromatic nitrogens is 2. The first-order valence-corrected chi connectivity index (χ1v) is 10.3. The molecule has 0 amide bonds. The van der Waals surface area contributed by atoms with Gasteiger partial charge in [-0.25, -0.2) is 0 Å². The molecule has 156 valence electrons. The Balaban J connectivity index is 1.35. The van der Waals surface area contributed by atoms with Gasteiger partial charge >= 0.3 is 0 Å². The van der Waals surface area contributed by atoms with E-state index in [1.54, 1.807) is 12.1 Å². The zero-order valence-electron chi connectivity index (χ0n) is 15.8. The van der Waals surface area contributed by atoms with E-state index in [4.69, 9.17) is 53.4 Å². The van der Waals surface area contributed by atoms with Gasteiger partial charge in [-0.2, -0.15) is 0 Å². The lowest BCUT2D eigenvalue weighted by Gasteiger charge is -2.11. The molecule has 6 nitrogen and oxygen atoms in total. The lowest BCUT2D eigenvalue weighted by atomic mass is 10.1. The maximum atomic E-state index is 6.18. The number of fused-ring (bicyclic) bond motifs is 1. The van der Waals surface area contributed by atoms with Crippen LogP contribution in [0.4, 0.5) is 0 Å². The molecule has 4 aromatic rings. The highest BCUT2D eigenvalue weighted by atomic mass is 35.5. The highest BCUT2D eigenvalue weighted by molar-refractivity contribution is 6.40. The van der Waals surface area contributed by atoms with Crippen molar-refractivity contribution < 1.29 is 18.6 Å². The zero-order valence-corrected chi connectivity index (χ0v) is 18.0. The van der Waals surface area contributed by atoms with E-state index in [-0.39, 0.29) is 13.4 Å². The van der Waals surface area contributed by atoms with Crippen molar-refractivity contribution in [2.24, 2.45) is 0 Å². The first-order valence-electron chi connectivity index (χ1n) is 9.17. The van der Waals surface area contributed by atoms with E-state index in [1.165, 1.54) is 0 Å². The second kappa shape index (κ2) is 8.30. The lowest BCUT2D eigenvalue weighted by Crippen LogP contribution is -1.97. The van der Waals surface area contributed by atoms with Gasteiger partial charge in [0, 0.05) is 16.1 Å². The van der Waals surface area contributed by atoms with Gasteiger partial charge in [-0.05, 0) is 48.0 Å². The Morgan fingerprint density at radius 2 is 1.52 bits per heavy atom. The molecule has 0 saturated heterocycles. The summed E-state index contributed by atoms with van der Waals surface area (Å²) >= 11 is 18.3. The van der Waals surface area contributed by atoms with Crippen molar-refractivity contribution in [2.45, 2.75) is 6.61 Å². The molecule has 1 aliphatic heterocycles. The third-order valence-corrected chi connectivity index (χ3v) is 5.34. The quantitative estimate of drug-likeness (QED) is 0.321. The SMILES string of the molecule is Clc1cc(Cl)c(OCc2cccc(-c3nnc(-c4ccc5c(c4)OCO5)o3)c2)c(Cl)c1. The summed E-state index contributed by atoms with van der Waals surface area (Å²) in [7, 11) is 0. The van der Waals surface area contributed by atoms with Crippen LogP contribution in [-0.4, -0.2) is 17.0 Å². The minimum absolute atomic E-state index is 0.204. The van der Waals surface area contributed by atoms with Crippen LogP contribution in [0.5, 0.6) is 17.2 Å². The fourth-order valence-electron chi connectivity index (χ4n) is 3.10. The normalized spacial score (nSPS) is 12.2. The van der Waals surface area contributed by atoms with Crippen LogP contribution in [0.3, 0.4) is 0 Å². The number of hydrogen-bond donors (Lipinski definition) is 0. The van der Waals surface area contributed by atoms with Crippen LogP contribution in [0.15, 0.2) is 59.0 Å². The van der Waals surface area contributed by atoms with E-state index in [9.17, 15) is 0 Å². The van der Waals surface area contributed by atoms with Gasteiger partial charge in [0.15, 0.2) is 17.2 Å². The van der Waals surface area contributed by atoms with Gasteiger partial charge in [0.25, 0.3) is 0 Å². The van der Waals surface area contributed by atoms with E-state index in [1.807, 2.05) is 42.5 Å². The molecule has 0 aliphatic carbocycles. The summed E-state index contributed by atoms with van der Waals surface area (Å²) < 4.78 is 22.4. The Bertz CT molecular complexity index is 1250. The van der Waals surface area contributed by atoms with E-state index in [0.717, 1.165) is 16.7 Å². The number of rotatable bonds is 5. The van der Waals surface area contributed by atoms with Crippen molar-refractivity contribution in [1.29, 1.82) is 0 Å². The van der Waals surface area contributed by atoms with Crippen molar-refractivity contribution in [3.63, 3.8) is 0 Å². The summed E-state index contributed by atoms with van der Waals surface area (Å²) in [6.45, 7) is 0.452. The number of halogens is 3. The molecule has 1 aromatic heterocycles. The molecule has 3 aromatic carbocycles. The average Bonchev–Trinajstić information content (AvgIpc) is 3.42. The summed E-state index contributed by atoms with van der Waals surface area (Å²) in [6.07, 6.45) is 0. The van der Waals surface area contributed by atoms with Crippen LogP contribution in [-0.2, 0) is 6.61 Å². The largest absolute Gasteiger partial charge is 0.486 e. The molecule has 0 atom stereocenters. The van der Waals surface area contributed by atoms with Crippen molar-refractivity contribution in [2.75, 3.05) is 6.79 Å². The molecular weight excluding hydrogens is 463 g/mol. The van der Waals surface area contributed by atoms with Crippen LogP contribution < -0.4 is 14.2 Å². The molecule has 1 aliphatic rings. The third-order valence-electron chi connectivity index (χ3n) is 4.56. The fraction of sp³-hybridized carbons (Fsp3) is 0.0909. The predicted octanol–water partition coefficient (Wildman–Crippen LogP) is 6.67. The number of benzene rings is 3. The fourth-order valence-corrected chi connectivity index (χ4v) is 4.03. The minimum Gasteiger partial charge on any atom is -0.486 e. The maximum Gasteiger partial charge on any atom is 0.248 e. The smallest absolute Gasteiger partial charge is 0.248 e. The maximum absolute atomic E-state index is 6.18. The van der Waals surface area contributed by atoms with Crippen LogP contribution in [0.1, 0.15) is 5.56 Å². The van der Waals surface area contributed by atoms with Crippen LogP contribution in [0.25, 0.3) is 22.9 Å². The van der Waals surface area contributed by atoms with Gasteiger partial charge in [0.1, 0.15) is 6.61 Å². The molecule has 31 heavy (non-hydrogen) atoms. The van der Waals surface area contributed by atoms with Gasteiger partial charge in [0.2, 0.25) is 18.6 Å². The van der Waals surface area contributed by atoms with Crippen LogP contribution in [0.2, 0.25) is 15.1 Å². The summed E-state index contributed by atoms with van der Waals surface area (Å²) in [5.74, 6) is 2.49. The highest BCUT2D eigenvalue weighted by Crippen LogP contribution is 2.37. The van der Waals surface area contributed by atoms with Crippen LogP contribution in [0, 0.1) is 0 Å². The number of nitrogens with zero attached hydrogens (tertiary/aromatic N) is 2. The van der Waals surface area contributed by atoms with Gasteiger partial charge in [-0.3, -0.25) is 0 Å². The molecule has 0 unspecified atom stereocenters. The number of ether oxygens (including phenoxy) is 3. The lowest BCUT2D eigenvalue weighted by molar-refractivity contribution is 0.174. The molecule has 0 fully saturated rings. The Kier molecular flexibility index (Phi) is 5.36. The molecule has 0 bridgehead atoms. The van der Waals surface area contributed by atoms with Gasteiger partial charge in [0.05, 0.1) is 10.0 Å². The summed E-state index contributed by atoms with van der Waals surface area (Å²) in [4.78, 5) is 0. The van der Waals surface area contributed by atoms with E-state index in [2.05, 4.69) is 10.2 Å². The molecule has 0 saturated carbocycles. The van der Waals surface area contributed by atoms with Gasteiger partial charge in [-0.1, -0.05) is 46.9 Å². The highest BCUT2D eigenvalue weighted by Gasteiger charge is 2.17. The Morgan fingerprint density at radius 1 is 0.806 bits per heavy atom. The third kappa shape index (κ3) is 4.14. The monoisotopic (exact) mass is 474 g/mol. The average molecular weight is 476 g/mol. The predicted molar refractivity (Wildman–Crippen MR) is 117 cm³/mol. The summed E-state index contributed by atoms with van der Waals surface area (Å²) in [6, 6.07) is 16.2. The molecule has 0 radical (unpaired) electrons. The van der Waals surface area contributed by atoms with Crippen LogP contribution >= 0.6 is 34.8 Å². The van der Waals surface area contributed by atoms with E-state index >= 15 is 0 Å². The molecule has 9 heteroatoms. The van der Waals surface area contributed by atoms with Crippen molar-refractivity contribution in [1.82, 2.24) is 10.2 Å². The van der Waals surface area contributed by atoms with Crippen molar-refractivity contribution in [3.8, 4) is 40.2 Å². The van der Waals surface area contributed by atoms with E-state index in [0.29, 0.717) is 44.1 Å². The van der Waals surface area contributed by atoms with Gasteiger partial charge < -0.3 is 18.6 Å². The second-order valence-electron chi connectivity index (χ2n) is 6.67. The van der Waals surface area contributed by atoms with Crippen molar-refractivity contribution in [3.05, 3.63) is 75.2 Å². The molecule has 5 rings (SSSR count). The van der Waals surface area contributed by atoms with E-state index < -0.39 is 0 Å². The second-order valence-corrected chi connectivity index (χ2v) is 7.92. The summed E-state index contributed by atoms with van der Waals surface area (Å²) in [5.41, 5.74) is 2.38. The molecular formula is C22H13Cl3N2O4. The summed E-state index contributed by atoms with van der Waals surface area (Å²) in [5, 5.41) is 9.45. The molecule has 2 heterocycles.